The van der Waals surface area contributed by atoms with Crippen LogP contribution >= 0.6 is 0 Å². The molecule has 1 aromatic carbocycles. The number of hydrogen-bond acceptors (Lipinski definition) is 4. The van der Waals surface area contributed by atoms with Gasteiger partial charge in [0.2, 0.25) is 0 Å². The molecule has 1 rings (SSSR count). The number of halogens is 3. The summed E-state index contributed by atoms with van der Waals surface area (Å²) in [5, 5.41) is 9.32. The van der Waals surface area contributed by atoms with Crippen molar-refractivity contribution in [3.8, 4) is 11.5 Å². The summed E-state index contributed by atoms with van der Waals surface area (Å²) in [4.78, 5) is 11.2. The number of para-hydroxylation sites is 1. The predicted octanol–water partition coefficient (Wildman–Crippen LogP) is 2.40. The van der Waals surface area contributed by atoms with E-state index in [0.717, 1.165) is 6.07 Å². The smallest absolute Gasteiger partial charge is 0.504 e. The van der Waals surface area contributed by atoms with Gasteiger partial charge in [0.25, 0.3) is 0 Å². The van der Waals surface area contributed by atoms with Crippen LogP contribution in [0, 0.1) is 0 Å². The Balaban J connectivity index is 2.97. The Morgan fingerprint density at radius 1 is 1.39 bits per heavy atom. The molecule has 0 saturated carbocycles. The topological polar surface area (TPSA) is 55.8 Å². The first kappa shape index (κ1) is 14.1. The van der Waals surface area contributed by atoms with Gasteiger partial charge in [0.05, 0.1) is 13.0 Å². The highest BCUT2D eigenvalue weighted by atomic mass is 19.4. The fourth-order valence-electron chi connectivity index (χ4n) is 1.31. The van der Waals surface area contributed by atoms with E-state index in [1.54, 1.807) is 6.92 Å². The summed E-state index contributed by atoms with van der Waals surface area (Å²) in [7, 11) is 0. The maximum absolute atomic E-state index is 12.1. The lowest BCUT2D eigenvalue weighted by Gasteiger charge is -2.14. The van der Waals surface area contributed by atoms with Crippen molar-refractivity contribution in [1.29, 1.82) is 0 Å². The number of aromatic hydroxyl groups is 1. The van der Waals surface area contributed by atoms with Gasteiger partial charge in [-0.15, -0.1) is 13.2 Å². The minimum absolute atomic E-state index is 0.0919. The van der Waals surface area contributed by atoms with Gasteiger partial charge in [-0.1, -0.05) is 12.1 Å². The van der Waals surface area contributed by atoms with E-state index < -0.39 is 30.3 Å². The number of hydrogen-bond donors (Lipinski definition) is 1. The fourth-order valence-corrected chi connectivity index (χ4v) is 1.31. The number of phenolic OH excluding ortho intramolecular Hbond substituents is 1. The molecule has 18 heavy (non-hydrogen) atoms. The Kier molecular flexibility index (Phi) is 4.41. The summed E-state index contributed by atoms with van der Waals surface area (Å²) in [6, 6.07) is 3.60. The average molecular weight is 264 g/mol. The van der Waals surface area contributed by atoms with Gasteiger partial charge in [0.15, 0.2) is 11.5 Å². The van der Waals surface area contributed by atoms with Gasteiger partial charge in [-0.05, 0) is 13.0 Å². The van der Waals surface area contributed by atoms with E-state index in [9.17, 15) is 23.1 Å². The van der Waals surface area contributed by atoms with Crippen LogP contribution in [0.15, 0.2) is 18.2 Å². The molecule has 4 nitrogen and oxygen atoms in total. The number of rotatable bonds is 4. The Bertz CT molecular complexity index is 429. The van der Waals surface area contributed by atoms with Gasteiger partial charge < -0.3 is 14.6 Å². The minimum atomic E-state index is -4.94. The van der Waals surface area contributed by atoms with Crippen molar-refractivity contribution in [1.82, 2.24) is 0 Å². The number of esters is 1. The summed E-state index contributed by atoms with van der Waals surface area (Å²) in [5.74, 6) is -2.16. The Labute approximate surface area is 101 Å². The lowest BCUT2D eigenvalue weighted by molar-refractivity contribution is -0.275. The standard InChI is InChI=1S/C11H11F3O4/c1-2-17-9(16)6-7-4-3-5-8(15)10(7)18-11(12,13)14/h3-5,15H,2,6H2,1H3. The highest BCUT2D eigenvalue weighted by Gasteiger charge is 2.33. The summed E-state index contributed by atoms with van der Waals surface area (Å²) in [6.07, 6.45) is -5.35. The molecule has 0 aliphatic carbocycles. The van der Waals surface area contributed by atoms with Crippen molar-refractivity contribution < 1.29 is 32.5 Å². The van der Waals surface area contributed by atoms with Gasteiger partial charge in [-0.25, -0.2) is 0 Å². The first-order valence-electron chi connectivity index (χ1n) is 5.05. The third-order valence-corrected chi connectivity index (χ3v) is 1.93. The van der Waals surface area contributed by atoms with Gasteiger partial charge >= 0.3 is 12.3 Å². The van der Waals surface area contributed by atoms with Crippen LogP contribution in [0.5, 0.6) is 11.5 Å². The second-order valence-corrected chi connectivity index (χ2v) is 3.29. The molecule has 0 aliphatic rings. The number of alkyl halides is 3. The molecule has 0 radical (unpaired) electrons. The van der Waals surface area contributed by atoms with Gasteiger partial charge in [0.1, 0.15) is 0 Å². The van der Waals surface area contributed by atoms with Crippen molar-refractivity contribution >= 4 is 5.97 Å². The molecule has 0 aliphatic heterocycles. The number of benzene rings is 1. The van der Waals surface area contributed by atoms with Crippen molar-refractivity contribution in [2.45, 2.75) is 19.7 Å². The summed E-state index contributed by atoms with van der Waals surface area (Å²) in [5.41, 5.74) is -0.0919. The lowest BCUT2D eigenvalue weighted by Crippen LogP contribution is -2.19. The van der Waals surface area contributed by atoms with E-state index >= 15 is 0 Å². The molecule has 0 unspecified atom stereocenters. The van der Waals surface area contributed by atoms with Crippen molar-refractivity contribution in [2.24, 2.45) is 0 Å². The largest absolute Gasteiger partial charge is 0.573 e. The van der Waals surface area contributed by atoms with Gasteiger partial charge in [-0.2, -0.15) is 0 Å². The van der Waals surface area contributed by atoms with E-state index in [1.165, 1.54) is 12.1 Å². The Hall–Kier alpha value is -1.92. The average Bonchev–Trinajstić information content (AvgIpc) is 2.22. The third-order valence-electron chi connectivity index (χ3n) is 1.93. The summed E-state index contributed by atoms with van der Waals surface area (Å²) in [6.45, 7) is 1.70. The molecule has 7 heteroatoms. The molecule has 0 amide bonds. The number of carbonyl (C=O) groups is 1. The van der Waals surface area contributed by atoms with Crippen molar-refractivity contribution in [3.05, 3.63) is 23.8 Å². The second-order valence-electron chi connectivity index (χ2n) is 3.29. The maximum Gasteiger partial charge on any atom is 0.573 e. The van der Waals surface area contributed by atoms with Crippen LogP contribution in [0.1, 0.15) is 12.5 Å². The zero-order valence-corrected chi connectivity index (χ0v) is 9.45. The monoisotopic (exact) mass is 264 g/mol. The van der Waals surface area contributed by atoms with E-state index in [0.29, 0.717) is 0 Å². The zero-order valence-electron chi connectivity index (χ0n) is 9.45. The molecular weight excluding hydrogens is 253 g/mol. The third kappa shape index (κ3) is 4.15. The molecule has 100 valence electrons. The molecule has 0 spiro atoms. The molecule has 0 atom stereocenters. The number of phenols is 1. The number of carbonyl (C=O) groups excluding carboxylic acids is 1. The van der Waals surface area contributed by atoms with Gasteiger partial charge in [0, 0.05) is 5.56 Å². The fraction of sp³-hybridized carbons (Fsp3) is 0.364. The first-order valence-corrected chi connectivity index (χ1v) is 5.05. The molecule has 0 saturated heterocycles. The van der Waals surface area contributed by atoms with E-state index in [1.807, 2.05) is 0 Å². The van der Waals surface area contributed by atoms with E-state index in [4.69, 9.17) is 0 Å². The van der Waals surface area contributed by atoms with Crippen LogP contribution in [0.2, 0.25) is 0 Å². The van der Waals surface area contributed by atoms with Crippen LogP contribution in [0.3, 0.4) is 0 Å². The summed E-state index contributed by atoms with van der Waals surface area (Å²) < 4.78 is 44.7. The molecule has 1 aromatic rings. The van der Waals surface area contributed by atoms with Crippen LogP contribution < -0.4 is 4.74 Å². The van der Waals surface area contributed by atoms with Gasteiger partial charge in [-0.3, -0.25) is 4.79 Å². The van der Waals surface area contributed by atoms with Crippen LogP contribution in [0.4, 0.5) is 13.2 Å². The van der Waals surface area contributed by atoms with Crippen LogP contribution in [0.25, 0.3) is 0 Å². The molecule has 0 fully saturated rings. The molecule has 0 aromatic heterocycles. The number of ether oxygens (including phenoxy) is 2. The summed E-state index contributed by atoms with van der Waals surface area (Å²) >= 11 is 0. The van der Waals surface area contributed by atoms with E-state index in [2.05, 4.69) is 9.47 Å². The Morgan fingerprint density at radius 2 is 2.06 bits per heavy atom. The Morgan fingerprint density at radius 3 is 2.61 bits per heavy atom. The minimum Gasteiger partial charge on any atom is -0.504 e. The molecular formula is C11H11F3O4. The van der Waals surface area contributed by atoms with Crippen molar-refractivity contribution in [2.75, 3.05) is 6.61 Å². The molecule has 0 heterocycles. The van der Waals surface area contributed by atoms with Crippen LogP contribution in [-0.4, -0.2) is 24.0 Å². The van der Waals surface area contributed by atoms with Crippen LogP contribution in [-0.2, 0) is 16.0 Å². The van der Waals surface area contributed by atoms with Crippen molar-refractivity contribution in [3.63, 3.8) is 0 Å². The first-order chi connectivity index (χ1) is 8.33. The highest BCUT2D eigenvalue weighted by Crippen LogP contribution is 2.34. The SMILES string of the molecule is CCOC(=O)Cc1cccc(O)c1OC(F)(F)F. The second kappa shape index (κ2) is 5.61. The molecule has 0 bridgehead atoms. The quantitative estimate of drug-likeness (QED) is 0.848. The normalized spacial score (nSPS) is 11.1. The lowest BCUT2D eigenvalue weighted by atomic mass is 10.1. The predicted molar refractivity (Wildman–Crippen MR) is 55.1 cm³/mol. The zero-order chi connectivity index (χ0) is 13.8. The molecule has 1 N–H and O–H groups in total. The highest BCUT2D eigenvalue weighted by molar-refractivity contribution is 5.74. The van der Waals surface area contributed by atoms with E-state index in [-0.39, 0.29) is 12.2 Å². The maximum atomic E-state index is 12.1.